The third-order valence-corrected chi connectivity index (χ3v) is 3.55. The third kappa shape index (κ3) is 2.80. The summed E-state index contributed by atoms with van der Waals surface area (Å²) in [6.07, 6.45) is 9.04. The Morgan fingerprint density at radius 1 is 1.27 bits per heavy atom. The molecule has 0 aliphatic heterocycles. The molecule has 1 fully saturated rings. The SMILES string of the molecule is O=c1cc(I)cnn1C1CCCCCC1. The fourth-order valence-electron chi connectivity index (χ4n) is 2.17. The van der Waals surface area contributed by atoms with Crippen LogP contribution in [0.15, 0.2) is 17.1 Å². The topological polar surface area (TPSA) is 34.9 Å². The summed E-state index contributed by atoms with van der Waals surface area (Å²) in [5, 5.41) is 4.24. The van der Waals surface area contributed by atoms with Gasteiger partial charge in [-0.2, -0.15) is 5.10 Å². The van der Waals surface area contributed by atoms with E-state index in [2.05, 4.69) is 27.7 Å². The van der Waals surface area contributed by atoms with Crippen molar-refractivity contribution >= 4 is 22.6 Å². The smallest absolute Gasteiger partial charge is 0.268 e. The molecule has 4 heteroatoms. The minimum Gasteiger partial charge on any atom is -0.268 e. The zero-order valence-electron chi connectivity index (χ0n) is 8.66. The fraction of sp³-hybridized carbons (Fsp3) is 0.636. The van der Waals surface area contributed by atoms with E-state index < -0.39 is 0 Å². The van der Waals surface area contributed by atoms with Crippen LogP contribution in [0.4, 0.5) is 0 Å². The van der Waals surface area contributed by atoms with Gasteiger partial charge >= 0.3 is 0 Å². The number of nitrogens with zero attached hydrogens (tertiary/aromatic N) is 2. The number of aromatic nitrogens is 2. The highest BCUT2D eigenvalue weighted by molar-refractivity contribution is 14.1. The maximum Gasteiger partial charge on any atom is 0.268 e. The second-order valence-corrected chi connectivity index (χ2v) is 5.35. The van der Waals surface area contributed by atoms with Crippen LogP contribution < -0.4 is 5.56 Å². The highest BCUT2D eigenvalue weighted by atomic mass is 127. The monoisotopic (exact) mass is 318 g/mol. The van der Waals surface area contributed by atoms with Gasteiger partial charge in [-0.05, 0) is 35.4 Å². The second-order valence-electron chi connectivity index (χ2n) is 4.10. The van der Waals surface area contributed by atoms with E-state index in [1.54, 1.807) is 16.9 Å². The molecule has 1 aliphatic rings. The van der Waals surface area contributed by atoms with Crippen LogP contribution in [0.2, 0.25) is 0 Å². The maximum atomic E-state index is 11.7. The molecular formula is C11H15IN2O. The molecule has 0 N–H and O–H groups in total. The van der Waals surface area contributed by atoms with Crippen molar-refractivity contribution in [2.24, 2.45) is 0 Å². The molecule has 82 valence electrons. The van der Waals surface area contributed by atoms with Crippen molar-refractivity contribution in [3.8, 4) is 0 Å². The first-order chi connectivity index (χ1) is 7.27. The Morgan fingerprint density at radius 3 is 2.53 bits per heavy atom. The first-order valence-electron chi connectivity index (χ1n) is 5.52. The molecule has 0 aromatic carbocycles. The fourth-order valence-corrected chi connectivity index (χ4v) is 2.56. The van der Waals surface area contributed by atoms with Gasteiger partial charge in [-0.25, -0.2) is 4.68 Å². The average molecular weight is 318 g/mol. The molecule has 0 spiro atoms. The zero-order chi connectivity index (χ0) is 10.7. The molecule has 1 aromatic heterocycles. The summed E-state index contributed by atoms with van der Waals surface area (Å²) in [6, 6.07) is 2.00. The van der Waals surface area contributed by atoms with E-state index in [1.807, 2.05) is 0 Å². The Bertz CT molecular complexity index is 380. The lowest BCUT2D eigenvalue weighted by Crippen LogP contribution is -2.26. The van der Waals surface area contributed by atoms with E-state index in [-0.39, 0.29) is 5.56 Å². The number of halogens is 1. The molecule has 1 heterocycles. The average Bonchev–Trinajstić information content (AvgIpc) is 2.46. The van der Waals surface area contributed by atoms with Crippen LogP contribution in [-0.4, -0.2) is 9.78 Å². The van der Waals surface area contributed by atoms with Gasteiger partial charge in [0, 0.05) is 9.64 Å². The summed E-state index contributed by atoms with van der Waals surface area (Å²) in [4.78, 5) is 11.7. The molecule has 15 heavy (non-hydrogen) atoms. The van der Waals surface area contributed by atoms with Crippen LogP contribution in [0.1, 0.15) is 44.6 Å². The van der Waals surface area contributed by atoms with E-state index in [4.69, 9.17) is 0 Å². The molecule has 0 amide bonds. The molecule has 0 unspecified atom stereocenters. The van der Waals surface area contributed by atoms with Crippen LogP contribution in [0, 0.1) is 3.57 Å². The van der Waals surface area contributed by atoms with Gasteiger partial charge in [-0.3, -0.25) is 4.79 Å². The second kappa shape index (κ2) is 5.09. The molecule has 1 saturated carbocycles. The van der Waals surface area contributed by atoms with Gasteiger partial charge < -0.3 is 0 Å². The summed E-state index contributed by atoms with van der Waals surface area (Å²) in [7, 11) is 0. The van der Waals surface area contributed by atoms with Gasteiger partial charge in [0.1, 0.15) is 0 Å². The summed E-state index contributed by atoms with van der Waals surface area (Å²) in [6.45, 7) is 0. The molecule has 0 radical (unpaired) electrons. The zero-order valence-corrected chi connectivity index (χ0v) is 10.8. The number of hydrogen-bond donors (Lipinski definition) is 0. The van der Waals surface area contributed by atoms with E-state index in [9.17, 15) is 4.79 Å². The van der Waals surface area contributed by atoms with Gasteiger partial charge in [-0.15, -0.1) is 0 Å². The summed E-state index contributed by atoms with van der Waals surface area (Å²) < 4.78 is 2.59. The Labute approximate surface area is 103 Å². The van der Waals surface area contributed by atoms with Crippen molar-refractivity contribution in [3.63, 3.8) is 0 Å². The van der Waals surface area contributed by atoms with Crippen molar-refractivity contribution in [2.75, 3.05) is 0 Å². The van der Waals surface area contributed by atoms with Gasteiger partial charge in [0.15, 0.2) is 0 Å². The summed E-state index contributed by atoms with van der Waals surface area (Å²) in [5.41, 5.74) is 0.0498. The lowest BCUT2D eigenvalue weighted by molar-refractivity contribution is 0.387. The maximum absolute atomic E-state index is 11.7. The molecule has 2 rings (SSSR count). The molecule has 1 aliphatic carbocycles. The summed E-state index contributed by atoms with van der Waals surface area (Å²) in [5.74, 6) is 0. The Hall–Kier alpha value is -0.390. The predicted molar refractivity (Wildman–Crippen MR) is 68.0 cm³/mol. The van der Waals surface area contributed by atoms with Crippen LogP contribution in [0.5, 0.6) is 0 Å². The van der Waals surface area contributed by atoms with E-state index in [0.717, 1.165) is 16.4 Å². The largest absolute Gasteiger partial charge is 0.268 e. The lowest BCUT2D eigenvalue weighted by atomic mass is 10.1. The minimum absolute atomic E-state index is 0.0498. The molecule has 0 saturated heterocycles. The van der Waals surface area contributed by atoms with Crippen LogP contribution >= 0.6 is 22.6 Å². The summed E-state index contributed by atoms with van der Waals surface area (Å²) >= 11 is 2.12. The van der Waals surface area contributed by atoms with Gasteiger partial charge in [0.25, 0.3) is 5.56 Å². The highest BCUT2D eigenvalue weighted by Crippen LogP contribution is 2.25. The molecule has 3 nitrogen and oxygen atoms in total. The van der Waals surface area contributed by atoms with Crippen LogP contribution in [0.3, 0.4) is 0 Å². The molecule has 0 bridgehead atoms. The van der Waals surface area contributed by atoms with Crippen molar-refractivity contribution in [2.45, 2.75) is 44.6 Å². The minimum atomic E-state index is 0.0498. The highest BCUT2D eigenvalue weighted by Gasteiger charge is 2.15. The van der Waals surface area contributed by atoms with Crippen molar-refractivity contribution in [1.82, 2.24) is 9.78 Å². The molecule has 1 aromatic rings. The third-order valence-electron chi connectivity index (χ3n) is 2.96. The van der Waals surface area contributed by atoms with Gasteiger partial charge in [-0.1, -0.05) is 25.7 Å². The quantitative estimate of drug-likeness (QED) is 0.589. The number of rotatable bonds is 1. The van der Waals surface area contributed by atoms with E-state index in [0.29, 0.717) is 6.04 Å². The van der Waals surface area contributed by atoms with Crippen molar-refractivity contribution in [1.29, 1.82) is 0 Å². The Balaban J connectivity index is 2.23. The first-order valence-corrected chi connectivity index (χ1v) is 6.59. The Kier molecular flexibility index (Phi) is 3.77. The Morgan fingerprint density at radius 2 is 1.93 bits per heavy atom. The molecular weight excluding hydrogens is 303 g/mol. The number of hydrogen-bond acceptors (Lipinski definition) is 2. The lowest BCUT2D eigenvalue weighted by Gasteiger charge is -2.15. The molecule has 0 atom stereocenters. The van der Waals surface area contributed by atoms with Crippen molar-refractivity contribution < 1.29 is 0 Å². The van der Waals surface area contributed by atoms with Crippen molar-refractivity contribution in [3.05, 3.63) is 26.2 Å². The van der Waals surface area contributed by atoms with Gasteiger partial charge in [0.05, 0.1) is 12.2 Å². The van der Waals surface area contributed by atoms with E-state index >= 15 is 0 Å². The predicted octanol–water partition coefficient (Wildman–Crippen LogP) is 2.74. The first kappa shape index (κ1) is 11.1. The van der Waals surface area contributed by atoms with Gasteiger partial charge in [0.2, 0.25) is 0 Å². The van der Waals surface area contributed by atoms with Crippen LogP contribution in [0.25, 0.3) is 0 Å². The normalized spacial score (nSPS) is 18.7. The van der Waals surface area contributed by atoms with E-state index in [1.165, 1.54) is 25.7 Å². The standard InChI is InChI=1S/C11H15IN2O/c12-9-7-11(15)14(13-8-9)10-5-3-1-2-4-6-10/h7-8,10H,1-6H2. The van der Waals surface area contributed by atoms with Crippen LogP contribution in [-0.2, 0) is 0 Å².